The predicted octanol–water partition coefficient (Wildman–Crippen LogP) is 5.08. The molecule has 46 heavy (non-hydrogen) atoms. The van der Waals surface area contributed by atoms with Crippen LogP contribution in [0, 0.1) is 0 Å². The van der Waals surface area contributed by atoms with Crippen LogP contribution in [0.1, 0.15) is 95.8 Å². The first-order valence-corrected chi connectivity index (χ1v) is 17.5. The zero-order valence-electron chi connectivity index (χ0n) is 24.7. The molecule has 6 rings (SSSR count). The van der Waals surface area contributed by atoms with Gasteiger partial charge in [-0.1, -0.05) is 23.4 Å². The van der Waals surface area contributed by atoms with Gasteiger partial charge in [-0.3, -0.25) is 9.48 Å². The first-order chi connectivity index (χ1) is 22.0. The molecular weight excluding hydrogens is 650 g/mol. The minimum absolute atomic E-state index is 0.0904. The number of hydrogen-bond donors (Lipinski definition) is 1. The number of halogens is 4. The van der Waals surface area contributed by atoms with E-state index in [0.29, 0.717) is 55.2 Å². The summed E-state index contributed by atoms with van der Waals surface area (Å²) in [6.45, 7) is 0.221. The van der Waals surface area contributed by atoms with Crippen molar-refractivity contribution >= 4 is 38.7 Å². The highest BCUT2D eigenvalue weighted by Crippen LogP contribution is 2.37. The summed E-state index contributed by atoms with van der Waals surface area (Å²) in [5, 5.41) is 14.8. The first kappa shape index (κ1) is 32.1. The molecule has 3 aliphatic rings. The lowest BCUT2D eigenvalue weighted by molar-refractivity contribution is -0.133. The van der Waals surface area contributed by atoms with Crippen molar-refractivity contribution in [3.05, 3.63) is 68.4 Å². The number of rotatable bonds is 9. The number of oxime groups is 1. The molecule has 2 aromatic heterocycles. The first-order valence-electron chi connectivity index (χ1n) is 14.7. The number of alkyl halides is 4. The van der Waals surface area contributed by atoms with Gasteiger partial charge in [0.2, 0.25) is 15.9 Å². The molecular formula is C29H31F4N7O4S2. The number of piperidine rings is 1. The summed E-state index contributed by atoms with van der Waals surface area (Å²) in [6.07, 6.45) is -1.25. The molecule has 17 heteroatoms. The Balaban J connectivity index is 1.06. The van der Waals surface area contributed by atoms with Gasteiger partial charge in [-0.05, 0) is 49.3 Å². The lowest BCUT2D eigenvalue weighted by Crippen LogP contribution is -2.40. The number of likely N-dealkylation sites (tertiary alicyclic amines) is 1. The number of fused-ring (bicyclic) bond motifs is 1. The highest BCUT2D eigenvalue weighted by atomic mass is 32.2. The van der Waals surface area contributed by atoms with Gasteiger partial charge in [0.15, 0.2) is 6.10 Å². The van der Waals surface area contributed by atoms with E-state index < -0.39 is 46.7 Å². The number of nitrogens with one attached hydrogen (secondary N) is 1. The van der Waals surface area contributed by atoms with Crippen LogP contribution in [-0.2, 0) is 32.6 Å². The van der Waals surface area contributed by atoms with Crippen molar-refractivity contribution in [2.24, 2.45) is 10.3 Å². The molecule has 0 radical (unpaired) electrons. The Morgan fingerprint density at radius 2 is 1.96 bits per heavy atom. The molecule has 11 nitrogen and oxygen atoms in total. The second kappa shape index (κ2) is 13.1. The summed E-state index contributed by atoms with van der Waals surface area (Å²) >= 11 is 1.50. The lowest BCUT2D eigenvalue weighted by atomic mass is 9.84. The molecule has 1 amide bonds. The van der Waals surface area contributed by atoms with Crippen molar-refractivity contribution in [1.82, 2.24) is 24.5 Å². The smallest absolute Gasteiger partial charge is 0.282 e. The van der Waals surface area contributed by atoms with Gasteiger partial charge in [-0.25, -0.2) is 35.8 Å². The summed E-state index contributed by atoms with van der Waals surface area (Å²) in [4.78, 5) is 27.3. The van der Waals surface area contributed by atoms with Gasteiger partial charge in [0, 0.05) is 36.4 Å². The number of carbonyl (C=O) groups excluding carboxylic acids is 1. The van der Waals surface area contributed by atoms with Gasteiger partial charge < -0.3 is 9.74 Å². The number of aromatic nitrogens is 3. The Kier molecular flexibility index (Phi) is 9.14. The number of carbonyl (C=O) groups is 1. The standard InChI is InChI=1S/C29H31F4N7O4S2/c1-46(42,43)38-35-20-7-3-4-17-18(20)5-2-6-19(17)25-13-21(37-44-25)23-15-45-29(34-23)16-8-10-39(11-9-16)26(41)14-40-24(28(32)33)12-22(36-40)27(30)31/h2,5-6,12,15-16,25,27-28,38H,3-4,7-11,13-14H2,1H3/b35-20+. The monoisotopic (exact) mass is 681 g/mol. The normalized spacial score (nSPS) is 19.9. The molecule has 0 bridgehead atoms. The fourth-order valence-electron chi connectivity index (χ4n) is 6.05. The summed E-state index contributed by atoms with van der Waals surface area (Å²) in [5.41, 5.74) is 3.59. The Morgan fingerprint density at radius 3 is 2.67 bits per heavy atom. The Hall–Kier alpha value is -3.86. The zero-order chi connectivity index (χ0) is 32.6. The van der Waals surface area contributed by atoms with Gasteiger partial charge in [0.05, 0.1) is 22.7 Å². The fourth-order valence-corrected chi connectivity index (χ4v) is 7.32. The van der Waals surface area contributed by atoms with E-state index in [1.165, 1.54) is 16.2 Å². The van der Waals surface area contributed by atoms with E-state index in [-0.39, 0.29) is 12.0 Å². The molecule has 1 saturated heterocycles. The molecule has 4 heterocycles. The summed E-state index contributed by atoms with van der Waals surface area (Å²) in [7, 11) is -3.47. The number of benzene rings is 1. The highest BCUT2D eigenvalue weighted by Gasteiger charge is 2.32. The fraction of sp³-hybridized carbons (Fsp3) is 0.483. The minimum atomic E-state index is -3.47. The number of thiazole rings is 1. The maximum absolute atomic E-state index is 13.3. The second-order valence-corrected chi connectivity index (χ2v) is 14.1. The van der Waals surface area contributed by atoms with Crippen molar-refractivity contribution < 1.29 is 35.6 Å². The predicted molar refractivity (Wildman–Crippen MR) is 162 cm³/mol. The third kappa shape index (κ3) is 6.94. The largest absolute Gasteiger partial charge is 0.387 e. The zero-order valence-corrected chi connectivity index (χ0v) is 26.3. The quantitative estimate of drug-likeness (QED) is 0.248. The molecule has 1 unspecified atom stereocenters. The molecule has 1 aromatic carbocycles. The number of hydrazone groups is 1. The van der Waals surface area contributed by atoms with Crippen molar-refractivity contribution in [3.63, 3.8) is 0 Å². The molecule has 0 saturated carbocycles. The van der Waals surface area contributed by atoms with Gasteiger partial charge in [0.25, 0.3) is 12.9 Å². The molecule has 2 aliphatic heterocycles. The van der Waals surface area contributed by atoms with E-state index >= 15 is 0 Å². The third-order valence-electron chi connectivity index (χ3n) is 8.30. The lowest BCUT2D eigenvalue weighted by Gasteiger charge is -2.31. The van der Waals surface area contributed by atoms with E-state index in [1.807, 2.05) is 23.6 Å². The van der Waals surface area contributed by atoms with Gasteiger partial charge in [-0.15, -0.1) is 11.3 Å². The minimum Gasteiger partial charge on any atom is -0.387 e. The average Bonchev–Trinajstić information content (AvgIpc) is 3.79. The van der Waals surface area contributed by atoms with Crippen LogP contribution >= 0.6 is 11.3 Å². The number of sulfonamides is 1. The van der Waals surface area contributed by atoms with Crippen molar-refractivity contribution in [2.75, 3.05) is 19.3 Å². The molecule has 246 valence electrons. The van der Waals surface area contributed by atoms with Crippen LogP contribution in [0.2, 0.25) is 0 Å². The molecule has 1 fully saturated rings. The maximum atomic E-state index is 13.3. The maximum Gasteiger partial charge on any atom is 0.282 e. The van der Waals surface area contributed by atoms with E-state index in [4.69, 9.17) is 9.82 Å². The number of nitrogens with zero attached hydrogens (tertiary/aromatic N) is 6. The summed E-state index contributed by atoms with van der Waals surface area (Å²) in [6, 6.07) is 6.47. The highest BCUT2D eigenvalue weighted by molar-refractivity contribution is 7.88. The molecule has 0 spiro atoms. The number of amides is 1. The number of hydrogen-bond acceptors (Lipinski definition) is 9. The van der Waals surface area contributed by atoms with Crippen LogP contribution in [-0.4, -0.2) is 64.8 Å². The van der Waals surface area contributed by atoms with Crippen LogP contribution in [0.3, 0.4) is 0 Å². The van der Waals surface area contributed by atoms with Crippen molar-refractivity contribution in [1.29, 1.82) is 0 Å². The third-order valence-corrected chi connectivity index (χ3v) is 9.73. The van der Waals surface area contributed by atoms with E-state index in [9.17, 15) is 30.8 Å². The Bertz CT molecular complexity index is 1780. The topological polar surface area (TPSA) is 131 Å². The van der Waals surface area contributed by atoms with E-state index in [1.54, 1.807) is 0 Å². The van der Waals surface area contributed by atoms with Gasteiger partial charge in [-0.2, -0.15) is 10.2 Å². The Labute approximate surface area is 266 Å². The van der Waals surface area contributed by atoms with Crippen LogP contribution < -0.4 is 4.83 Å². The molecule has 1 N–H and O–H groups in total. The average molecular weight is 682 g/mol. The second-order valence-electron chi connectivity index (χ2n) is 11.5. The van der Waals surface area contributed by atoms with Gasteiger partial charge in [0.1, 0.15) is 23.6 Å². The van der Waals surface area contributed by atoms with E-state index in [0.717, 1.165) is 52.2 Å². The van der Waals surface area contributed by atoms with Crippen LogP contribution in [0.15, 0.2) is 39.9 Å². The van der Waals surface area contributed by atoms with Crippen molar-refractivity contribution in [3.8, 4) is 0 Å². The van der Waals surface area contributed by atoms with Crippen molar-refractivity contribution in [2.45, 2.75) is 69.9 Å². The Morgan fingerprint density at radius 1 is 1.17 bits per heavy atom. The molecule has 3 aromatic rings. The SMILES string of the molecule is CS(=O)(=O)N/N=C1\CCCc2c1cccc2C1CC(c2csc(C3CCN(C(=O)Cn4nc(C(F)F)cc4C(F)F)CC3)n2)=NO1. The van der Waals surface area contributed by atoms with Gasteiger partial charge >= 0.3 is 0 Å². The molecule has 1 aliphatic carbocycles. The van der Waals surface area contributed by atoms with Crippen LogP contribution in [0.25, 0.3) is 0 Å². The van der Waals surface area contributed by atoms with E-state index in [2.05, 4.69) is 20.2 Å². The molecule has 1 atom stereocenters. The van der Waals surface area contributed by atoms with Crippen LogP contribution in [0.5, 0.6) is 0 Å². The summed E-state index contributed by atoms with van der Waals surface area (Å²) < 4.78 is 76.4. The summed E-state index contributed by atoms with van der Waals surface area (Å²) in [5.74, 6) is -0.367. The van der Waals surface area contributed by atoms with Crippen LogP contribution in [0.4, 0.5) is 17.6 Å².